The Labute approximate surface area is 155 Å². The molecule has 0 saturated carbocycles. The Balaban J connectivity index is 0.00000338. The summed E-state index contributed by atoms with van der Waals surface area (Å²) in [5.74, 6) is -2.02. The first-order valence-electron chi connectivity index (χ1n) is 7.25. The van der Waals surface area contributed by atoms with Crippen LogP contribution < -0.4 is 21.9 Å². The number of benzene rings is 2. The Morgan fingerprint density at radius 3 is 2.38 bits per heavy atom. The second-order valence-corrected chi connectivity index (χ2v) is 5.30. The third-order valence-corrected chi connectivity index (χ3v) is 3.50. The van der Waals surface area contributed by atoms with Crippen LogP contribution in [0.4, 0.5) is 4.39 Å². The second-order valence-electron chi connectivity index (χ2n) is 5.30. The number of nitrogens with two attached hydrogens (primary N) is 3. The molecule has 0 unspecified atom stereocenters. The topological polar surface area (TPSA) is 145 Å². The Morgan fingerprint density at radius 2 is 1.81 bits per heavy atom. The lowest BCUT2D eigenvalue weighted by Gasteiger charge is -2.14. The van der Waals surface area contributed by atoms with Crippen molar-refractivity contribution < 1.29 is 18.7 Å². The molecule has 2 aromatic carbocycles. The highest BCUT2D eigenvalue weighted by atomic mass is 35.5. The molecule has 0 bridgehead atoms. The van der Waals surface area contributed by atoms with Gasteiger partial charge < -0.3 is 21.9 Å². The zero-order valence-corrected chi connectivity index (χ0v) is 14.4. The number of hydrogen-bond acceptors (Lipinski definition) is 4. The standard InChI is InChI=1S/C17H17FN4O3.ClH/c18-13-3-1-2-11(17(22)24)12(13)6-9-4-5-10(16(20)21)7-14(9)25-8-15(19)23;/h1-5,7H,6,8H2,(H2,19,23)(H3,20,21)(H2,22,24);1H. The highest BCUT2D eigenvalue weighted by Crippen LogP contribution is 2.26. The molecule has 0 spiro atoms. The Hall–Kier alpha value is -3.13. The molecule has 0 aromatic heterocycles. The van der Waals surface area contributed by atoms with E-state index in [0.717, 1.165) is 0 Å². The number of hydrogen-bond donors (Lipinski definition) is 4. The molecule has 0 radical (unpaired) electrons. The minimum atomic E-state index is -0.755. The maximum absolute atomic E-state index is 14.2. The third-order valence-electron chi connectivity index (χ3n) is 3.50. The number of nitrogen functional groups attached to an aromatic ring is 1. The van der Waals surface area contributed by atoms with Gasteiger partial charge in [0, 0.05) is 23.1 Å². The van der Waals surface area contributed by atoms with E-state index in [1.54, 1.807) is 12.1 Å². The molecule has 2 aromatic rings. The van der Waals surface area contributed by atoms with Crippen molar-refractivity contribution in [3.05, 3.63) is 64.5 Å². The number of amidine groups is 1. The van der Waals surface area contributed by atoms with Crippen molar-refractivity contribution in [3.8, 4) is 5.75 Å². The van der Waals surface area contributed by atoms with E-state index in [9.17, 15) is 14.0 Å². The molecule has 2 rings (SSSR count). The zero-order valence-electron chi connectivity index (χ0n) is 13.6. The monoisotopic (exact) mass is 380 g/mol. The Kier molecular flexibility index (Phi) is 7.09. The first-order valence-corrected chi connectivity index (χ1v) is 7.25. The lowest BCUT2D eigenvalue weighted by atomic mass is 9.97. The Morgan fingerprint density at radius 1 is 1.12 bits per heavy atom. The van der Waals surface area contributed by atoms with Gasteiger partial charge >= 0.3 is 0 Å². The minimum Gasteiger partial charge on any atom is -0.483 e. The molecule has 0 aliphatic heterocycles. The van der Waals surface area contributed by atoms with Gasteiger partial charge in [-0.1, -0.05) is 18.2 Å². The molecule has 2 amide bonds. The first-order chi connectivity index (χ1) is 11.8. The van der Waals surface area contributed by atoms with E-state index < -0.39 is 24.2 Å². The summed E-state index contributed by atoms with van der Waals surface area (Å²) in [6.45, 7) is -0.395. The van der Waals surface area contributed by atoms with E-state index in [1.165, 1.54) is 24.3 Å². The van der Waals surface area contributed by atoms with Crippen LogP contribution in [0.1, 0.15) is 27.0 Å². The molecule has 26 heavy (non-hydrogen) atoms. The molecule has 0 heterocycles. The maximum Gasteiger partial charge on any atom is 0.255 e. The van der Waals surface area contributed by atoms with E-state index in [1.807, 2.05) is 0 Å². The van der Waals surface area contributed by atoms with E-state index in [0.29, 0.717) is 11.1 Å². The van der Waals surface area contributed by atoms with Gasteiger partial charge in [0.25, 0.3) is 5.91 Å². The number of primary amides is 2. The van der Waals surface area contributed by atoms with Gasteiger partial charge in [0.1, 0.15) is 17.4 Å². The normalized spacial score (nSPS) is 9.88. The van der Waals surface area contributed by atoms with Crippen LogP contribution in [0.5, 0.6) is 5.75 Å². The summed E-state index contributed by atoms with van der Waals surface area (Å²) >= 11 is 0. The van der Waals surface area contributed by atoms with Crippen LogP contribution in [0.3, 0.4) is 0 Å². The van der Waals surface area contributed by atoms with Gasteiger partial charge in [-0.3, -0.25) is 15.0 Å². The number of halogens is 2. The van der Waals surface area contributed by atoms with Gasteiger partial charge in [-0.05, 0) is 23.8 Å². The van der Waals surface area contributed by atoms with Crippen LogP contribution in [0.2, 0.25) is 0 Å². The van der Waals surface area contributed by atoms with Gasteiger partial charge in [-0.2, -0.15) is 0 Å². The molecule has 0 saturated heterocycles. The molecule has 0 atom stereocenters. The zero-order chi connectivity index (χ0) is 18.6. The second kappa shape index (κ2) is 8.82. The van der Waals surface area contributed by atoms with Crippen LogP contribution in [-0.2, 0) is 11.2 Å². The van der Waals surface area contributed by atoms with Crippen LogP contribution in [0.15, 0.2) is 36.4 Å². The summed E-state index contributed by atoms with van der Waals surface area (Å²) in [5, 5.41) is 7.47. The fourth-order valence-electron chi connectivity index (χ4n) is 2.31. The quantitative estimate of drug-likeness (QED) is 0.420. The molecule has 138 valence electrons. The molecule has 7 nitrogen and oxygen atoms in total. The van der Waals surface area contributed by atoms with Gasteiger partial charge in [-0.15, -0.1) is 12.4 Å². The molecule has 0 aliphatic carbocycles. The number of nitrogens with one attached hydrogen (secondary N) is 1. The summed E-state index contributed by atoms with van der Waals surface area (Å²) in [4.78, 5) is 22.5. The SMILES string of the molecule is Cl.N=C(N)c1ccc(Cc2c(F)cccc2C(N)=O)c(OCC(N)=O)c1. The van der Waals surface area contributed by atoms with Crippen LogP contribution in [0.25, 0.3) is 0 Å². The van der Waals surface area contributed by atoms with Crippen LogP contribution in [-0.4, -0.2) is 24.3 Å². The average molecular weight is 381 g/mol. The third kappa shape index (κ3) is 4.93. The smallest absolute Gasteiger partial charge is 0.255 e. The summed E-state index contributed by atoms with van der Waals surface area (Å²) in [6, 6.07) is 8.61. The summed E-state index contributed by atoms with van der Waals surface area (Å²) in [7, 11) is 0. The largest absolute Gasteiger partial charge is 0.483 e. The van der Waals surface area contributed by atoms with Crippen molar-refractivity contribution in [1.82, 2.24) is 0 Å². The fourth-order valence-corrected chi connectivity index (χ4v) is 2.31. The van der Waals surface area contributed by atoms with Crippen molar-refractivity contribution in [3.63, 3.8) is 0 Å². The van der Waals surface area contributed by atoms with E-state index >= 15 is 0 Å². The van der Waals surface area contributed by atoms with Crippen molar-refractivity contribution in [2.24, 2.45) is 17.2 Å². The molecular weight excluding hydrogens is 363 g/mol. The lowest BCUT2D eigenvalue weighted by Crippen LogP contribution is -2.21. The van der Waals surface area contributed by atoms with Gasteiger partial charge in [0.2, 0.25) is 5.91 Å². The number of carbonyl (C=O) groups excluding carboxylic acids is 2. The van der Waals surface area contributed by atoms with E-state index in [-0.39, 0.29) is 41.5 Å². The van der Waals surface area contributed by atoms with Gasteiger partial charge in [0.15, 0.2) is 6.61 Å². The molecule has 0 fully saturated rings. The predicted molar refractivity (Wildman–Crippen MR) is 97.1 cm³/mol. The fraction of sp³-hybridized carbons (Fsp3) is 0.118. The van der Waals surface area contributed by atoms with Crippen molar-refractivity contribution in [2.45, 2.75) is 6.42 Å². The summed E-state index contributed by atoms with van der Waals surface area (Å²) in [5.41, 5.74) is 16.8. The van der Waals surface area contributed by atoms with Crippen LogP contribution >= 0.6 is 12.4 Å². The number of amides is 2. The predicted octanol–water partition coefficient (Wildman–Crippen LogP) is 1.09. The minimum absolute atomic E-state index is 0. The summed E-state index contributed by atoms with van der Waals surface area (Å²) < 4.78 is 19.5. The highest BCUT2D eigenvalue weighted by Gasteiger charge is 2.16. The number of rotatable bonds is 7. The van der Waals surface area contributed by atoms with Crippen molar-refractivity contribution in [2.75, 3.05) is 6.61 Å². The Bertz CT molecular complexity index is 858. The van der Waals surface area contributed by atoms with Gasteiger partial charge in [0.05, 0.1) is 0 Å². The van der Waals surface area contributed by atoms with Crippen LogP contribution in [0, 0.1) is 11.2 Å². The first kappa shape index (κ1) is 20.9. The number of ether oxygens (including phenoxy) is 1. The van der Waals surface area contributed by atoms with E-state index in [4.69, 9.17) is 27.3 Å². The van der Waals surface area contributed by atoms with Crippen molar-refractivity contribution in [1.29, 1.82) is 5.41 Å². The van der Waals surface area contributed by atoms with Crippen molar-refractivity contribution >= 4 is 30.1 Å². The maximum atomic E-state index is 14.2. The highest BCUT2D eigenvalue weighted by molar-refractivity contribution is 5.96. The average Bonchev–Trinajstić information content (AvgIpc) is 2.55. The molecular formula is C17H18ClFN4O3. The number of carbonyl (C=O) groups is 2. The van der Waals surface area contributed by atoms with Gasteiger partial charge in [-0.25, -0.2) is 4.39 Å². The molecule has 9 heteroatoms. The molecule has 7 N–H and O–H groups in total. The lowest BCUT2D eigenvalue weighted by molar-refractivity contribution is -0.119. The summed E-state index contributed by atoms with van der Waals surface area (Å²) in [6.07, 6.45) is -0.00275. The molecule has 0 aliphatic rings. The van der Waals surface area contributed by atoms with E-state index in [2.05, 4.69) is 0 Å².